The Morgan fingerprint density at radius 3 is 0.941 bits per heavy atom. The maximum atomic E-state index is 13.6. The minimum Gasteiger partial charge on any atom is -0.424 e. The molecule has 3 fully saturated rings. The van der Waals surface area contributed by atoms with Crippen LogP contribution in [0.2, 0.25) is 5.02 Å². The topological polar surface area (TPSA) is 195 Å². The van der Waals surface area contributed by atoms with Crippen molar-refractivity contribution in [2.45, 2.75) is 89.0 Å². The second kappa shape index (κ2) is 31.5. The minimum absolute atomic E-state index is 0.00891. The van der Waals surface area contributed by atoms with Crippen LogP contribution in [0.15, 0.2) is 201 Å². The first-order valence-electron chi connectivity index (χ1n) is 33.6. The minimum atomic E-state index is -4.43. The van der Waals surface area contributed by atoms with Gasteiger partial charge in [0.25, 0.3) is 0 Å². The molecule has 0 unspecified atom stereocenters. The van der Waals surface area contributed by atoms with E-state index in [0.29, 0.717) is 45.7 Å². The molecule has 0 saturated carbocycles. The highest BCUT2D eigenvalue weighted by Crippen LogP contribution is 2.40. The first-order chi connectivity index (χ1) is 49.4. The SMILES string of the molecule is CC(C)(C)c1ccc(Oc2nccc(-c3c(-c4ccc(F)cc4)ncn3C3CCNCC3)n2)cc1.Fc1ccc(-c2ncn(C3CCNCC3)c2-c2ccnc(Oc3ccc(C(F)(F)F)cc3)n2)cc1.Fc1ccc(-c2ncn(C3CCNCC3)c2-c2ccnc(Oc3ccc(Cl)cc3)n2)cc1. The maximum absolute atomic E-state index is 13.6. The molecule has 15 rings (SSSR count). The van der Waals surface area contributed by atoms with Crippen molar-refractivity contribution in [1.82, 2.24) is 74.5 Å². The van der Waals surface area contributed by atoms with Gasteiger partial charge >= 0.3 is 24.2 Å². The number of imidazole rings is 3. The largest absolute Gasteiger partial charge is 0.424 e. The zero-order chi connectivity index (χ0) is 70.7. The van der Waals surface area contributed by atoms with Gasteiger partial charge in [0, 0.05) is 58.4 Å². The molecule has 3 saturated heterocycles. The molecular weight excluding hydrogens is 1330 g/mol. The molecule has 3 N–H and O–H groups in total. The summed E-state index contributed by atoms with van der Waals surface area (Å²) in [5.74, 6) is 0.554. The molecule has 12 aromatic rings. The molecule has 6 aromatic heterocycles. The predicted octanol–water partition coefficient (Wildman–Crippen LogP) is 17.6. The summed E-state index contributed by atoms with van der Waals surface area (Å²) in [7, 11) is 0. The molecule has 0 atom stereocenters. The van der Waals surface area contributed by atoms with Gasteiger partial charge in [-0.05, 0) is 240 Å². The van der Waals surface area contributed by atoms with Gasteiger partial charge < -0.3 is 43.9 Å². The van der Waals surface area contributed by atoms with Gasteiger partial charge in [-0.1, -0.05) is 44.5 Å². The number of hydrogen-bond acceptors (Lipinski definition) is 15. The zero-order valence-corrected chi connectivity index (χ0v) is 56.8. The Labute approximate surface area is 590 Å². The number of rotatable bonds is 15. The summed E-state index contributed by atoms with van der Waals surface area (Å²) in [6.07, 6.45) is 11.8. The molecule has 9 heterocycles. The van der Waals surface area contributed by atoms with Gasteiger partial charge in [-0.3, -0.25) is 0 Å². The van der Waals surface area contributed by atoms with Crippen LogP contribution in [0.3, 0.4) is 0 Å². The third-order valence-electron chi connectivity index (χ3n) is 17.8. The van der Waals surface area contributed by atoms with Crippen LogP contribution in [-0.2, 0) is 11.6 Å². The number of nitrogens with one attached hydrogen (secondary N) is 3. The van der Waals surface area contributed by atoms with Crippen molar-refractivity contribution in [2.75, 3.05) is 39.3 Å². The molecule has 3 aliphatic heterocycles. The summed E-state index contributed by atoms with van der Waals surface area (Å²) >= 11 is 5.96. The van der Waals surface area contributed by atoms with Crippen molar-refractivity contribution in [3.63, 3.8) is 0 Å². The molecule has 522 valence electrons. The summed E-state index contributed by atoms with van der Waals surface area (Å²) in [4.78, 5) is 40.8. The van der Waals surface area contributed by atoms with E-state index in [1.54, 1.807) is 85.5 Å². The van der Waals surface area contributed by atoms with Gasteiger partial charge in [0.05, 0.1) is 75.8 Å². The molecule has 3 aliphatic rings. The lowest BCUT2D eigenvalue weighted by Gasteiger charge is -2.25. The summed E-state index contributed by atoms with van der Waals surface area (Å²) in [6.45, 7) is 12.1. The first kappa shape index (κ1) is 69.8. The van der Waals surface area contributed by atoms with Crippen molar-refractivity contribution in [1.29, 1.82) is 0 Å². The van der Waals surface area contributed by atoms with Crippen LogP contribution in [0.5, 0.6) is 35.3 Å². The standard InChI is InChI=1S/C28H30FN5O.C25H21F4N5O.C24H21ClFN5O/c1-28(2,3)20-6-10-23(11-7-20)35-27-31-17-14-24(33-27)26-25(19-4-8-21(29)9-5-19)32-18-34(26)22-12-15-30-16-13-22;26-18-5-1-16(2-6-18)22-23(34(15-32-22)19-9-12-30-13-10-19)21-11-14-31-24(33-21)35-20-7-3-17(4-8-20)25(27,28)29;25-17-3-7-20(8-4-17)32-24-28-14-11-21(30-24)23-22(16-1-5-18(26)6-2-16)29-15-31(23)19-9-12-27-13-10-19/h4-11,14,17-18,22,30H,12-13,15-16H2,1-3H3;1-8,11,14-15,19,30H,9-10,12-13H2;1-8,11,14-15,19,27H,9-10,12-13H2. The van der Waals surface area contributed by atoms with Gasteiger partial charge in [0.15, 0.2) is 0 Å². The van der Waals surface area contributed by atoms with Crippen LogP contribution in [-0.4, -0.2) is 97.8 Å². The lowest BCUT2D eigenvalue weighted by Crippen LogP contribution is -2.29. The molecule has 0 amide bonds. The number of halogens is 7. The van der Waals surface area contributed by atoms with Crippen LogP contribution < -0.4 is 30.2 Å². The zero-order valence-electron chi connectivity index (χ0n) is 56.0. The van der Waals surface area contributed by atoms with Crippen LogP contribution in [0, 0.1) is 17.5 Å². The third kappa shape index (κ3) is 17.0. The summed E-state index contributed by atoms with van der Waals surface area (Å²) in [5.41, 5.74) is 9.54. The smallest absolute Gasteiger partial charge is 0.416 e. The fourth-order valence-electron chi connectivity index (χ4n) is 12.5. The van der Waals surface area contributed by atoms with E-state index in [2.05, 4.69) is 92.5 Å². The second-order valence-electron chi connectivity index (χ2n) is 25.7. The molecule has 0 spiro atoms. The van der Waals surface area contributed by atoms with Crippen LogP contribution in [0.4, 0.5) is 26.3 Å². The number of aromatic nitrogens is 12. The van der Waals surface area contributed by atoms with Gasteiger partial charge in [-0.2, -0.15) is 28.1 Å². The molecular formula is C77H72ClF6N15O3. The third-order valence-corrected chi connectivity index (χ3v) is 18.1. The van der Waals surface area contributed by atoms with E-state index < -0.39 is 11.7 Å². The maximum Gasteiger partial charge on any atom is 0.416 e. The quantitative estimate of drug-likeness (QED) is 0.0820. The summed E-state index contributed by atoms with van der Waals surface area (Å²) < 4.78 is 103. The van der Waals surface area contributed by atoms with E-state index in [-0.39, 0.29) is 52.7 Å². The van der Waals surface area contributed by atoms with Crippen molar-refractivity contribution in [3.05, 3.63) is 235 Å². The van der Waals surface area contributed by atoms with E-state index in [4.69, 9.17) is 40.8 Å². The Morgan fingerprint density at radius 1 is 0.373 bits per heavy atom. The highest BCUT2D eigenvalue weighted by Gasteiger charge is 2.31. The highest BCUT2D eigenvalue weighted by molar-refractivity contribution is 6.30. The number of alkyl halides is 3. The fraction of sp³-hybridized carbons (Fsp3) is 0.260. The average molecular weight is 1400 g/mol. The molecule has 0 radical (unpaired) electrons. The number of ether oxygens (including phenoxy) is 3. The number of benzene rings is 6. The monoisotopic (exact) mass is 1400 g/mol. The summed E-state index contributed by atoms with van der Waals surface area (Å²) in [5, 5.41) is 10.8. The molecule has 6 aromatic carbocycles. The fourth-order valence-corrected chi connectivity index (χ4v) is 12.6. The van der Waals surface area contributed by atoms with E-state index in [1.807, 2.05) is 36.9 Å². The lowest BCUT2D eigenvalue weighted by molar-refractivity contribution is -0.137. The number of hydrogen-bond donors (Lipinski definition) is 3. The first-order valence-corrected chi connectivity index (χ1v) is 34.0. The average Bonchev–Trinajstić information content (AvgIpc) is 1.62. The van der Waals surface area contributed by atoms with Crippen LogP contribution >= 0.6 is 11.6 Å². The highest BCUT2D eigenvalue weighted by atomic mass is 35.5. The second-order valence-corrected chi connectivity index (χ2v) is 26.2. The molecule has 102 heavy (non-hydrogen) atoms. The van der Waals surface area contributed by atoms with Crippen molar-refractivity contribution >= 4 is 11.6 Å². The van der Waals surface area contributed by atoms with Crippen LogP contribution in [0.25, 0.3) is 67.9 Å². The van der Waals surface area contributed by atoms with Gasteiger partial charge in [0.2, 0.25) is 0 Å². The van der Waals surface area contributed by atoms with E-state index in [1.165, 1.54) is 60.3 Å². The normalized spacial score (nSPS) is 14.6. The molecule has 0 bridgehead atoms. The lowest BCUT2D eigenvalue weighted by atomic mass is 9.87. The van der Waals surface area contributed by atoms with Gasteiger partial charge in [-0.25, -0.2) is 43.1 Å². The number of nitrogens with zero attached hydrogens (tertiary/aromatic N) is 12. The number of piperidine rings is 3. The van der Waals surface area contributed by atoms with Gasteiger partial charge in [-0.15, -0.1) is 0 Å². The molecule has 0 aliphatic carbocycles. The van der Waals surface area contributed by atoms with Crippen LogP contribution in [0.1, 0.15) is 88.5 Å². The Kier molecular flexibility index (Phi) is 21.5. The summed E-state index contributed by atoms with van der Waals surface area (Å²) in [6, 6.07) is 45.0. The molecule has 25 heteroatoms. The van der Waals surface area contributed by atoms with Gasteiger partial charge in [0.1, 0.15) is 34.7 Å². The van der Waals surface area contributed by atoms with E-state index >= 15 is 0 Å². The molecule has 18 nitrogen and oxygen atoms in total. The van der Waals surface area contributed by atoms with E-state index in [0.717, 1.165) is 141 Å². The Balaban J connectivity index is 0.000000137. The Morgan fingerprint density at radius 2 is 0.657 bits per heavy atom. The van der Waals surface area contributed by atoms with Crippen molar-refractivity contribution in [2.24, 2.45) is 0 Å². The Bertz CT molecular complexity index is 4540. The van der Waals surface area contributed by atoms with Crippen molar-refractivity contribution < 1.29 is 40.6 Å². The Hall–Kier alpha value is -10.7. The van der Waals surface area contributed by atoms with Crippen molar-refractivity contribution in [3.8, 4) is 103 Å². The predicted molar refractivity (Wildman–Crippen MR) is 378 cm³/mol. The van der Waals surface area contributed by atoms with E-state index in [9.17, 15) is 26.3 Å².